The Morgan fingerprint density at radius 3 is 2.60 bits per heavy atom. The van der Waals surface area contributed by atoms with E-state index in [-0.39, 0.29) is 11.9 Å². The summed E-state index contributed by atoms with van der Waals surface area (Å²) in [6.07, 6.45) is 3.28. The molecule has 102 valence electrons. The van der Waals surface area contributed by atoms with E-state index in [9.17, 15) is 4.79 Å². The Hall–Kier alpha value is -2.09. The topological polar surface area (TPSA) is 26.3 Å². The van der Waals surface area contributed by atoms with Crippen LogP contribution in [0.5, 0.6) is 5.75 Å². The lowest BCUT2D eigenvalue weighted by molar-refractivity contribution is -0.133. The number of esters is 1. The third-order valence-electron chi connectivity index (χ3n) is 3.82. The molecule has 1 aliphatic rings. The van der Waals surface area contributed by atoms with E-state index < -0.39 is 0 Å². The van der Waals surface area contributed by atoms with Crippen LogP contribution in [0.15, 0.2) is 48.5 Å². The van der Waals surface area contributed by atoms with Gasteiger partial charge in [-0.05, 0) is 30.0 Å². The average Bonchev–Trinajstić information content (AvgIpc) is 2.82. The maximum Gasteiger partial charge on any atom is 0.323 e. The largest absolute Gasteiger partial charge is 0.425 e. The van der Waals surface area contributed by atoms with Gasteiger partial charge < -0.3 is 4.74 Å². The molecule has 0 fully saturated rings. The van der Waals surface area contributed by atoms with Gasteiger partial charge in [-0.2, -0.15) is 0 Å². The molecule has 1 aliphatic heterocycles. The predicted octanol–water partition coefficient (Wildman–Crippen LogP) is 4.08. The van der Waals surface area contributed by atoms with E-state index in [1.54, 1.807) is 0 Å². The number of carbonyl (C=O) groups is 1. The maximum absolute atomic E-state index is 12.2. The maximum atomic E-state index is 12.2. The summed E-state index contributed by atoms with van der Waals surface area (Å²) >= 11 is 0. The second kappa shape index (κ2) is 5.49. The van der Waals surface area contributed by atoms with Crippen molar-refractivity contribution in [2.45, 2.75) is 32.1 Å². The van der Waals surface area contributed by atoms with Crippen molar-refractivity contribution >= 4 is 5.97 Å². The molecule has 0 radical (unpaired) electrons. The van der Waals surface area contributed by atoms with Crippen molar-refractivity contribution < 1.29 is 9.53 Å². The van der Waals surface area contributed by atoms with Gasteiger partial charge in [0.1, 0.15) is 11.7 Å². The van der Waals surface area contributed by atoms with E-state index >= 15 is 0 Å². The van der Waals surface area contributed by atoms with Crippen LogP contribution in [-0.2, 0) is 11.2 Å². The molecule has 2 aromatic carbocycles. The van der Waals surface area contributed by atoms with Crippen molar-refractivity contribution in [1.29, 1.82) is 0 Å². The van der Waals surface area contributed by atoms with E-state index in [1.807, 2.05) is 42.5 Å². The standard InChI is InChI=1S/C18H18O2/c1-2-3-8-13-11-7-12-15-16(13)17(18(19)20-15)14-9-5-4-6-10-14/h4-7,9-12,17H,2-3,8H2,1H3. The van der Waals surface area contributed by atoms with Crippen LogP contribution in [0, 0.1) is 0 Å². The van der Waals surface area contributed by atoms with E-state index in [2.05, 4.69) is 13.0 Å². The summed E-state index contributed by atoms with van der Waals surface area (Å²) in [6, 6.07) is 15.9. The van der Waals surface area contributed by atoms with Gasteiger partial charge in [0.25, 0.3) is 0 Å². The van der Waals surface area contributed by atoms with E-state index in [1.165, 1.54) is 5.56 Å². The number of benzene rings is 2. The lowest BCUT2D eigenvalue weighted by Crippen LogP contribution is -2.12. The first-order chi connectivity index (χ1) is 9.81. The molecule has 0 amide bonds. The summed E-state index contributed by atoms with van der Waals surface area (Å²) in [5, 5.41) is 0. The number of fused-ring (bicyclic) bond motifs is 1. The third kappa shape index (κ3) is 2.22. The molecule has 2 nitrogen and oxygen atoms in total. The highest BCUT2D eigenvalue weighted by atomic mass is 16.5. The fraction of sp³-hybridized carbons (Fsp3) is 0.278. The zero-order valence-electron chi connectivity index (χ0n) is 11.6. The summed E-state index contributed by atoms with van der Waals surface area (Å²) in [6.45, 7) is 2.18. The van der Waals surface area contributed by atoms with Crippen molar-refractivity contribution in [1.82, 2.24) is 0 Å². The molecule has 1 heterocycles. The van der Waals surface area contributed by atoms with Gasteiger partial charge >= 0.3 is 5.97 Å². The van der Waals surface area contributed by atoms with Gasteiger partial charge in [0.2, 0.25) is 0 Å². The van der Waals surface area contributed by atoms with E-state index in [0.29, 0.717) is 0 Å². The summed E-state index contributed by atoms with van der Waals surface area (Å²) in [7, 11) is 0. The summed E-state index contributed by atoms with van der Waals surface area (Å²) in [5.74, 6) is 0.312. The zero-order chi connectivity index (χ0) is 13.9. The normalized spacial score (nSPS) is 16.9. The first-order valence-electron chi connectivity index (χ1n) is 7.19. The Morgan fingerprint density at radius 2 is 1.85 bits per heavy atom. The number of aryl methyl sites for hydroxylation is 1. The second-order valence-electron chi connectivity index (χ2n) is 5.20. The van der Waals surface area contributed by atoms with Crippen molar-refractivity contribution in [2.24, 2.45) is 0 Å². The van der Waals surface area contributed by atoms with Crippen LogP contribution in [0.25, 0.3) is 0 Å². The van der Waals surface area contributed by atoms with E-state index in [4.69, 9.17) is 4.74 Å². The first kappa shape index (κ1) is 12.9. The smallest absolute Gasteiger partial charge is 0.323 e. The molecule has 20 heavy (non-hydrogen) atoms. The predicted molar refractivity (Wildman–Crippen MR) is 79.0 cm³/mol. The van der Waals surface area contributed by atoms with Crippen LogP contribution < -0.4 is 4.74 Å². The molecular formula is C18H18O2. The Kier molecular flexibility index (Phi) is 3.55. The van der Waals surface area contributed by atoms with Crippen LogP contribution in [-0.4, -0.2) is 5.97 Å². The molecule has 0 N–H and O–H groups in total. The van der Waals surface area contributed by atoms with Gasteiger partial charge in [-0.1, -0.05) is 55.8 Å². The number of unbranched alkanes of at least 4 members (excludes halogenated alkanes) is 1. The minimum absolute atomic E-state index is 0.157. The van der Waals surface area contributed by atoms with Gasteiger partial charge in [0.15, 0.2) is 0 Å². The molecule has 1 atom stereocenters. The highest BCUT2D eigenvalue weighted by Crippen LogP contribution is 2.41. The van der Waals surface area contributed by atoms with Crippen LogP contribution >= 0.6 is 0 Å². The minimum Gasteiger partial charge on any atom is -0.425 e. The molecular weight excluding hydrogens is 248 g/mol. The molecule has 0 spiro atoms. The van der Waals surface area contributed by atoms with Gasteiger partial charge in [0.05, 0.1) is 0 Å². The summed E-state index contributed by atoms with van der Waals surface area (Å²) in [4.78, 5) is 12.2. The summed E-state index contributed by atoms with van der Waals surface area (Å²) < 4.78 is 5.46. The molecule has 0 saturated carbocycles. The fourth-order valence-electron chi connectivity index (χ4n) is 2.82. The molecule has 3 rings (SSSR count). The van der Waals surface area contributed by atoms with Crippen molar-refractivity contribution in [3.63, 3.8) is 0 Å². The van der Waals surface area contributed by atoms with Gasteiger partial charge in [-0.25, -0.2) is 0 Å². The van der Waals surface area contributed by atoms with Crippen LogP contribution in [0.3, 0.4) is 0 Å². The second-order valence-corrected chi connectivity index (χ2v) is 5.20. The first-order valence-corrected chi connectivity index (χ1v) is 7.19. The number of hydrogen-bond donors (Lipinski definition) is 0. The Labute approximate surface area is 119 Å². The lowest BCUT2D eigenvalue weighted by Gasteiger charge is -2.12. The minimum atomic E-state index is -0.265. The van der Waals surface area contributed by atoms with Crippen molar-refractivity contribution in [2.75, 3.05) is 0 Å². The van der Waals surface area contributed by atoms with Crippen LogP contribution in [0.1, 0.15) is 42.4 Å². The molecule has 2 heteroatoms. The SMILES string of the molecule is CCCCc1cccc2c1C(c1ccccc1)C(=O)O2. The monoisotopic (exact) mass is 266 g/mol. The van der Waals surface area contributed by atoms with Crippen molar-refractivity contribution in [3.05, 3.63) is 65.2 Å². The summed E-state index contributed by atoms with van der Waals surface area (Å²) in [5.41, 5.74) is 3.32. The Morgan fingerprint density at radius 1 is 1.05 bits per heavy atom. The van der Waals surface area contributed by atoms with Gasteiger partial charge in [-0.3, -0.25) is 4.79 Å². The van der Waals surface area contributed by atoms with Crippen LogP contribution in [0.2, 0.25) is 0 Å². The van der Waals surface area contributed by atoms with Crippen molar-refractivity contribution in [3.8, 4) is 5.75 Å². The molecule has 0 aromatic heterocycles. The molecule has 1 unspecified atom stereocenters. The highest BCUT2D eigenvalue weighted by Gasteiger charge is 2.35. The molecule has 0 aliphatic carbocycles. The lowest BCUT2D eigenvalue weighted by atomic mass is 9.88. The van der Waals surface area contributed by atoms with Gasteiger partial charge in [-0.15, -0.1) is 0 Å². The van der Waals surface area contributed by atoms with Gasteiger partial charge in [0, 0.05) is 5.56 Å². The quantitative estimate of drug-likeness (QED) is 0.615. The number of carbonyl (C=O) groups excluding carboxylic acids is 1. The Bertz CT molecular complexity index is 617. The number of rotatable bonds is 4. The van der Waals surface area contributed by atoms with E-state index in [0.717, 1.165) is 36.1 Å². The molecule has 0 bridgehead atoms. The fourth-order valence-corrected chi connectivity index (χ4v) is 2.82. The third-order valence-corrected chi connectivity index (χ3v) is 3.82. The molecule has 0 saturated heterocycles. The highest BCUT2D eigenvalue weighted by molar-refractivity contribution is 5.90. The Balaban J connectivity index is 2.06. The zero-order valence-corrected chi connectivity index (χ0v) is 11.6. The number of ether oxygens (including phenoxy) is 1. The molecule has 2 aromatic rings. The average molecular weight is 266 g/mol. The van der Waals surface area contributed by atoms with Crippen LogP contribution in [0.4, 0.5) is 0 Å². The number of hydrogen-bond acceptors (Lipinski definition) is 2.